The van der Waals surface area contributed by atoms with Crippen LogP contribution in [0.1, 0.15) is 25.0 Å². The van der Waals surface area contributed by atoms with Crippen LogP contribution in [0.15, 0.2) is 24.3 Å². The normalized spacial score (nSPS) is 11.7. The van der Waals surface area contributed by atoms with Gasteiger partial charge in [0.15, 0.2) is 0 Å². The van der Waals surface area contributed by atoms with Gasteiger partial charge in [-0.25, -0.2) is 0 Å². The first-order valence-corrected chi connectivity index (χ1v) is 4.88. The monoisotopic (exact) mass is 193 g/mol. The van der Waals surface area contributed by atoms with E-state index in [-0.39, 0.29) is 5.41 Å². The highest BCUT2D eigenvalue weighted by Crippen LogP contribution is 2.21. The lowest BCUT2D eigenvalue weighted by Gasteiger charge is -2.23. The van der Waals surface area contributed by atoms with Gasteiger partial charge in [-0.3, -0.25) is 0 Å². The van der Waals surface area contributed by atoms with E-state index in [1.54, 1.807) is 7.11 Å². The molecule has 0 radical (unpaired) electrons. The van der Waals surface area contributed by atoms with E-state index in [0.29, 0.717) is 13.2 Å². The Morgan fingerprint density at radius 2 is 1.79 bits per heavy atom. The Morgan fingerprint density at radius 3 is 2.21 bits per heavy atom. The molecule has 2 nitrogen and oxygen atoms in total. The Hall–Kier alpha value is -0.860. The maximum absolute atomic E-state index is 5.71. The molecule has 1 rings (SSSR count). The van der Waals surface area contributed by atoms with E-state index in [2.05, 4.69) is 38.1 Å². The Labute approximate surface area is 86.1 Å². The molecule has 0 aliphatic heterocycles. The predicted octanol–water partition coefficient (Wildman–Crippen LogP) is 2.07. The molecule has 0 unspecified atom stereocenters. The van der Waals surface area contributed by atoms with Gasteiger partial charge in [0.25, 0.3) is 0 Å². The molecule has 0 aromatic heterocycles. The number of hydrogen-bond donors (Lipinski definition) is 1. The lowest BCUT2D eigenvalue weighted by atomic mass is 9.84. The summed E-state index contributed by atoms with van der Waals surface area (Å²) in [5.41, 5.74) is 8.25. The molecule has 0 saturated carbocycles. The van der Waals surface area contributed by atoms with Gasteiger partial charge < -0.3 is 10.5 Å². The van der Waals surface area contributed by atoms with Gasteiger partial charge in [0, 0.05) is 19.1 Å². The molecule has 0 aliphatic rings. The zero-order valence-corrected chi connectivity index (χ0v) is 9.21. The highest BCUT2D eigenvalue weighted by molar-refractivity contribution is 5.28. The molecule has 2 heteroatoms. The average molecular weight is 193 g/mol. The second kappa shape index (κ2) is 4.58. The molecule has 1 aromatic carbocycles. The molecule has 0 amide bonds. The fraction of sp³-hybridized carbons (Fsp3) is 0.500. The van der Waals surface area contributed by atoms with Crippen LogP contribution >= 0.6 is 0 Å². The first kappa shape index (κ1) is 11.2. The van der Waals surface area contributed by atoms with Crippen LogP contribution < -0.4 is 5.73 Å². The topological polar surface area (TPSA) is 35.2 Å². The third-order valence-electron chi connectivity index (χ3n) is 2.56. The van der Waals surface area contributed by atoms with E-state index in [4.69, 9.17) is 10.5 Å². The van der Waals surface area contributed by atoms with Gasteiger partial charge in [0.1, 0.15) is 0 Å². The fourth-order valence-electron chi connectivity index (χ4n) is 1.34. The first-order chi connectivity index (χ1) is 6.60. The van der Waals surface area contributed by atoms with Gasteiger partial charge in [-0.15, -0.1) is 0 Å². The molecule has 0 atom stereocenters. The second-order valence-corrected chi connectivity index (χ2v) is 4.22. The van der Waals surface area contributed by atoms with Crippen LogP contribution in [0.5, 0.6) is 0 Å². The SMILES string of the molecule is COCc1ccc(C(C)(C)CN)cc1. The number of benzene rings is 1. The van der Waals surface area contributed by atoms with Crippen LogP contribution in [0.2, 0.25) is 0 Å². The minimum absolute atomic E-state index is 0.0611. The Morgan fingerprint density at radius 1 is 1.21 bits per heavy atom. The van der Waals surface area contributed by atoms with Gasteiger partial charge in [-0.1, -0.05) is 38.1 Å². The molecular formula is C12H19NO. The van der Waals surface area contributed by atoms with Crippen molar-refractivity contribution in [3.05, 3.63) is 35.4 Å². The van der Waals surface area contributed by atoms with E-state index in [0.717, 1.165) is 0 Å². The van der Waals surface area contributed by atoms with E-state index < -0.39 is 0 Å². The van der Waals surface area contributed by atoms with Crippen molar-refractivity contribution in [2.75, 3.05) is 13.7 Å². The summed E-state index contributed by atoms with van der Waals surface area (Å²) >= 11 is 0. The van der Waals surface area contributed by atoms with Crippen LogP contribution in [-0.4, -0.2) is 13.7 Å². The summed E-state index contributed by atoms with van der Waals surface area (Å²) in [6, 6.07) is 8.44. The van der Waals surface area contributed by atoms with Gasteiger partial charge in [-0.05, 0) is 11.1 Å². The highest BCUT2D eigenvalue weighted by Gasteiger charge is 2.17. The smallest absolute Gasteiger partial charge is 0.0713 e. The summed E-state index contributed by atoms with van der Waals surface area (Å²) in [7, 11) is 1.71. The van der Waals surface area contributed by atoms with Crippen LogP contribution in [0.4, 0.5) is 0 Å². The zero-order valence-electron chi connectivity index (χ0n) is 9.21. The molecule has 0 saturated heterocycles. The molecule has 2 N–H and O–H groups in total. The summed E-state index contributed by atoms with van der Waals surface area (Å²) in [4.78, 5) is 0. The number of hydrogen-bond acceptors (Lipinski definition) is 2. The van der Waals surface area contributed by atoms with Crippen molar-refractivity contribution < 1.29 is 4.74 Å². The lowest BCUT2D eigenvalue weighted by Crippen LogP contribution is -2.27. The maximum Gasteiger partial charge on any atom is 0.0713 e. The third kappa shape index (κ3) is 2.56. The second-order valence-electron chi connectivity index (χ2n) is 4.22. The van der Waals surface area contributed by atoms with Crippen molar-refractivity contribution >= 4 is 0 Å². The standard InChI is InChI=1S/C12H19NO/c1-12(2,9-13)11-6-4-10(5-7-11)8-14-3/h4-7H,8-9,13H2,1-3H3. The summed E-state index contributed by atoms with van der Waals surface area (Å²) in [5, 5.41) is 0. The van der Waals surface area contributed by atoms with Crippen LogP contribution in [0.3, 0.4) is 0 Å². The molecular weight excluding hydrogens is 174 g/mol. The Kier molecular flexibility index (Phi) is 3.67. The molecule has 0 fully saturated rings. The van der Waals surface area contributed by atoms with Crippen molar-refractivity contribution in [1.29, 1.82) is 0 Å². The maximum atomic E-state index is 5.71. The van der Waals surface area contributed by atoms with E-state index in [9.17, 15) is 0 Å². The van der Waals surface area contributed by atoms with Crippen molar-refractivity contribution in [1.82, 2.24) is 0 Å². The fourth-order valence-corrected chi connectivity index (χ4v) is 1.34. The minimum atomic E-state index is 0.0611. The molecule has 0 spiro atoms. The summed E-state index contributed by atoms with van der Waals surface area (Å²) < 4.78 is 5.06. The zero-order chi connectivity index (χ0) is 10.6. The molecule has 0 bridgehead atoms. The van der Waals surface area contributed by atoms with E-state index >= 15 is 0 Å². The van der Waals surface area contributed by atoms with Crippen LogP contribution in [0.25, 0.3) is 0 Å². The molecule has 1 aromatic rings. The molecule has 14 heavy (non-hydrogen) atoms. The highest BCUT2D eigenvalue weighted by atomic mass is 16.5. The van der Waals surface area contributed by atoms with Gasteiger partial charge in [0.05, 0.1) is 6.61 Å². The molecule has 0 heterocycles. The van der Waals surface area contributed by atoms with Crippen LogP contribution in [-0.2, 0) is 16.8 Å². The number of nitrogens with two attached hydrogens (primary N) is 1. The molecule has 0 aliphatic carbocycles. The van der Waals surface area contributed by atoms with E-state index in [1.165, 1.54) is 11.1 Å². The average Bonchev–Trinajstić information content (AvgIpc) is 2.19. The summed E-state index contributed by atoms with van der Waals surface area (Å²) in [6.07, 6.45) is 0. The van der Waals surface area contributed by atoms with E-state index in [1.807, 2.05) is 0 Å². The largest absolute Gasteiger partial charge is 0.380 e. The predicted molar refractivity (Wildman–Crippen MR) is 59.2 cm³/mol. The number of rotatable bonds is 4. The number of ether oxygens (including phenoxy) is 1. The summed E-state index contributed by atoms with van der Waals surface area (Å²) in [6.45, 7) is 5.64. The van der Waals surface area contributed by atoms with Gasteiger partial charge >= 0.3 is 0 Å². The Bertz CT molecular complexity index is 277. The molecule has 78 valence electrons. The third-order valence-corrected chi connectivity index (χ3v) is 2.56. The van der Waals surface area contributed by atoms with Crippen molar-refractivity contribution in [3.63, 3.8) is 0 Å². The summed E-state index contributed by atoms with van der Waals surface area (Å²) in [5.74, 6) is 0. The van der Waals surface area contributed by atoms with Gasteiger partial charge in [0.2, 0.25) is 0 Å². The van der Waals surface area contributed by atoms with Crippen LogP contribution in [0, 0.1) is 0 Å². The van der Waals surface area contributed by atoms with Crippen molar-refractivity contribution in [3.8, 4) is 0 Å². The Balaban J connectivity index is 2.82. The van der Waals surface area contributed by atoms with Crippen molar-refractivity contribution in [2.24, 2.45) is 5.73 Å². The minimum Gasteiger partial charge on any atom is -0.380 e. The number of methoxy groups -OCH3 is 1. The van der Waals surface area contributed by atoms with Crippen molar-refractivity contribution in [2.45, 2.75) is 25.9 Å². The van der Waals surface area contributed by atoms with Gasteiger partial charge in [-0.2, -0.15) is 0 Å². The lowest BCUT2D eigenvalue weighted by molar-refractivity contribution is 0.185. The quantitative estimate of drug-likeness (QED) is 0.794. The first-order valence-electron chi connectivity index (χ1n) is 4.88.